The molecular weight excluding hydrogens is 210 g/mol. The first kappa shape index (κ1) is 11.7. The first-order valence-corrected chi connectivity index (χ1v) is 5.83. The molecule has 90 valence electrons. The van der Waals surface area contributed by atoms with Gasteiger partial charge in [0.05, 0.1) is 12.7 Å². The molecule has 17 heavy (non-hydrogen) atoms. The lowest BCUT2D eigenvalue weighted by atomic mass is 10.00. The van der Waals surface area contributed by atoms with Crippen LogP contribution in [0, 0.1) is 27.7 Å². The van der Waals surface area contributed by atoms with Crippen molar-refractivity contribution in [3.8, 4) is 0 Å². The zero-order valence-electron chi connectivity index (χ0n) is 10.9. The molecule has 1 aromatic heterocycles. The molecule has 3 heteroatoms. The molecule has 0 amide bonds. The minimum absolute atomic E-state index is 0.748. The van der Waals surface area contributed by atoms with Crippen LogP contribution in [0.3, 0.4) is 0 Å². The Morgan fingerprint density at radius 2 is 1.65 bits per heavy atom. The summed E-state index contributed by atoms with van der Waals surface area (Å²) in [6.07, 6.45) is 1.81. The number of nitrogen functional groups attached to an aromatic ring is 1. The number of nitrogens with zero attached hydrogens (tertiary/aromatic N) is 2. The van der Waals surface area contributed by atoms with Gasteiger partial charge < -0.3 is 5.73 Å². The lowest BCUT2D eigenvalue weighted by molar-refractivity contribution is 0.690. The van der Waals surface area contributed by atoms with Gasteiger partial charge in [0.15, 0.2) is 0 Å². The fourth-order valence-corrected chi connectivity index (χ4v) is 2.22. The summed E-state index contributed by atoms with van der Waals surface area (Å²) in [6, 6.07) is 4.41. The second kappa shape index (κ2) is 4.24. The Hall–Kier alpha value is -1.77. The van der Waals surface area contributed by atoms with Gasteiger partial charge in [0.25, 0.3) is 0 Å². The number of benzene rings is 1. The molecule has 0 bridgehead atoms. The van der Waals surface area contributed by atoms with Crippen LogP contribution in [0.4, 0.5) is 5.82 Å². The van der Waals surface area contributed by atoms with Crippen molar-refractivity contribution >= 4 is 5.82 Å². The average Bonchev–Trinajstić information content (AvgIpc) is 2.54. The van der Waals surface area contributed by atoms with Gasteiger partial charge in [-0.1, -0.05) is 17.7 Å². The zero-order chi connectivity index (χ0) is 12.6. The van der Waals surface area contributed by atoms with Crippen LogP contribution < -0.4 is 5.73 Å². The summed E-state index contributed by atoms with van der Waals surface area (Å²) in [5.41, 5.74) is 12.2. The number of anilines is 1. The molecule has 2 rings (SSSR count). The third-order valence-electron chi connectivity index (χ3n) is 3.22. The van der Waals surface area contributed by atoms with Gasteiger partial charge in [-0.05, 0) is 44.4 Å². The number of aromatic nitrogens is 2. The number of aryl methyl sites for hydroxylation is 4. The SMILES string of the molecule is Cc1cc(C)c(Cn2ncc(C)c2N)c(C)c1. The van der Waals surface area contributed by atoms with Crippen molar-refractivity contribution in [2.45, 2.75) is 34.2 Å². The molecule has 2 aromatic rings. The van der Waals surface area contributed by atoms with E-state index >= 15 is 0 Å². The quantitative estimate of drug-likeness (QED) is 0.860. The van der Waals surface area contributed by atoms with Crippen molar-refractivity contribution in [2.75, 3.05) is 5.73 Å². The van der Waals surface area contributed by atoms with E-state index < -0.39 is 0 Å². The number of rotatable bonds is 2. The molecular formula is C14H19N3. The highest BCUT2D eigenvalue weighted by Crippen LogP contribution is 2.19. The highest BCUT2D eigenvalue weighted by Gasteiger charge is 2.08. The highest BCUT2D eigenvalue weighted by molar-refractivity contribution is 5.41. The Morgan fingerprint density at radius 3 is 2.12 bits per heavy atom. The Bertz CT molecular complexity index is 530. The molecule has 2 N–H and O–H groups in total. The number of hydrogen-bond donors (Lipinski definition) is 1. The molecule has 0 aliphatic heterocycles. The first-order valence-electron chi connectivity index (χ1n) is 5.83. The highest BCUT2D eigenvalue weighted by atomic mass is 15.3. The van der Waals surface area contributed by atoms with Crippen molar-refractivity contribution in [2.24, 2.45) is 0 Å². The van der Waals surface area contributed by atoms with E-state index in [0.717, 1.165) is 17.9 Å². The molecule has 0 unspecified atom stereocenters. The lowest BCUT2D eigenvalue weighted by Crippen LogP contribution is -2.09. The van der Waals surface area contributed by atoms with Gasteiger partial charge in [0.1, 0.15) is 5.82 Å². The van der Waals surface area contributed by atoms with Crippen LogP contribution in [-0.4, -0.2) is 9.78 Å². The molecule has 0 saturated heterocycles. The summed E-state index contributed by atoms with van der Waals surface area (Å²) in [5.74, 6) is 0.754. The molecule has 0 spiro atoms. The van der Waals surface area contributed by atoms with Crippen LogP contribution in [0.25, 0.3) is 0 Å². The van der Waals surface area contributed by atoms with E-state index in [1.165, 1.54) is 22.3 Å². The Kier molecular flexibility index (Phi) is 2.92. The minimum atomic E-state index is 0.748. The van der Waals surface area contributed by atoms with E-state index in [0.29, 0.717) is 0 Å². The van der Waals surface area contributed by atoms with Crippen molar-refractivity contribution < 1.29 is 0 Å². The summed E-state index contributed by atoms with van der Waals surface area (Å²) >= 11 is 0. The van der Waals surface area contributed by atoms with Gasteiger partial charge in [-0.25, -0.2) is 4.68 Å². The third-order valence-corrected chi connectivity index (χ3v) is 3.22. The van der Waals surface area contributed by atoms with Gasteiger partial charge in [0, 0.05) is 5.56 Å². The summed E-state index contributed by atoms with van der Waals surface area (Å²) in [6.45, 7) is 9.13. The van der Waals surface area contributed by atoms with E-state index in [4.69, 9.17) is 5.73 Å². The van der Waals surface area contributed by atoms with Gasteiger partial charge in [-0.2, -0.15) is 5.10 Å². The molecule has 0 aliphatic carbocycles. The van der Waals surface area contributed by atoms with Crippen molar-refractivity contribution in [1.82, 2.24) is 9.78 Å². The van der Waals surface area contributed by atoms with E-state index in [1.807, 2.05) is 17.8 Å². The van der Waals surface area contributed by atoms with Gasteiger partial charge in [-0.3, -0.25) is 0 Å². The van der Waals surface area contributed by atoms with Crippen LogP contribution in [-0.2, 0) is 6.54 Å². The number of nitrogens with two attached hydrogens (primary N) is 1. The molecule has 0 fully saturated rings. The van der Waals surface area contributed by atoms with E-state index in [1.54, 1.807) is 0 Å². The van der Waals surface area contributed by atoms with Gasteiger partial charge in [-0.15, -0.1) is 0 Å². The predicted octanol–water partition coefficient (Wildman–Crippen LogP) is 2.75. The average molecular weight is 229 g/mol. The fourth-order valence-electron chi connectivity index (χ4n) is 2.22. The normalized spacial score (nSPS) is 10.8. The third kappa shape index (κ3) is 2.18. The maximum atomic E-state index is 5.98. The van der Waals surface area contributed by atoms with Gasteiger partial charge in [0.2, 0.25) is 0 Å². The first-order chi connectivity index (χ1) is 7.99. The van der Waals surface area contributed by atoms with E-state index in [-0.39, 0.29) is 0 Å². The zero-order valence-corrected chi connectivity index (χ0v) is 10.9. The van der Waals surface area contributed by atoms with E-state index in [2.05, 4.69) is 38.0 Å². The molecule has 3 nitrogen and oxygen atoms in total. The minimum Gasteiger partial charge on any atom is -0.384 e. The molecule has 1 heterocycles. The second-order valence-corrected chi connectivity index (χ2v) is 4.75. The monoisotopic (exact) mass is 229 g/mol. The van der Waals surface area contributed by atoms with Crippen molar-refractivity contribution in [1.29, 1.82) is 0 Å². The van der Waals surface area contributed by atoms with Crippen LogP contribution in [0.1, 0.15) is 27.8 Å². The largest absolute Gasteiger partial charge is 0.384 e. The maximum Gasteiger partial charge on any atom is 0.124 e. The number of hydrogen-bond acceptors (Lipinski definition) is 2. The summed E-state index contributed by atoms with van der Waals surface area (Å²) < 4.78 is 1.86. The van der Waals surface area contributed by atoms with Crippen LogP contribution >= 0.6 is 0 Å². The smallest absolute Gasteiger partial charge is 0.124 e. The van der Waals surface area contributed by atoms with Crippen LogP contribution in [0.15, 0.2) is 18.3 Å². The molecule has 0 aliphatic rings. The maximum absolute atomic E-state index is 5.98. The molecule has 1 aromatic carbocycles. The summed E-state index contributed by atoms with van der Waals surface area (Å²) in [7, 11) is 0. The molecule has 0 radical (unpaired) electrons. The Balaban J connectivity index is 2.40. The van der Waals surface area contributed by atoms with Crippen LogP contribution in [0.2, 0.25) is 0 Å². The van der Waals surface area contributed by atoms with Crippen molar-refractivity contribution in [3.63, 3.8) is 0 Å². The van der Waals surface area contributed by atoms with Crippen molar-refractivity contribution in [3.05, 3.63) is 46.1 Å². The lowest BCUT2D eigenvalue weighted by Gasteiger charge is -2.12. The van der Waals surface area contributed by atoms with Gasteiger partial charge >= 0.3 is 0 Å². The Morgan fingerprint density at radius 1 is 1.06 bits per heavy atom. The molecule has 0 saturated carbocycles. The summed E-state index contributed by atoms with van der Waals surface area (Å²) in [4.78, 5) is 0. The topological polar surface area (TPSA) is 43.8 Å². The molecule has 0 atom stereocenters. The second-order valence-electron chi connectivity index (χ2n) is 4.75. The van der Waals surface area contributed by atoms with E-state index in [9.17, 15) is 0 Å². The standard InChI is InChI=1S/C14H19N3/c1-9-5-10(2)13(11(3)6-9)8-17-14(15)12(4)7-16-17/h5-7H,8,15H2,1-4H3. The predicted molar refractivity (Wildman–Crippen MR) is 71.1 cm³/mol. The Labute approximate surface area is 102 Å². The van der Waals surface area contributed by atoms with Crippen LogP contribution in [0.5, 0.6) is 0 Å². The fraction of sp³-hybridized carbons (Fsp3) is 0.357. The summed E-state index contributed by atoms with van der Waals surface area (Å²) in [5, 5.41) is 4.31.